The van der Waals surface area contributed by atoms with Gasteiger partial charge in [-0.3, -0.25) is 4.79 Å². The number of carbonyl (C=O) groups excluding carboxylic acids is 1. The molecule has 0 saturated carbocycles. The molecule has 4 fully saturated rings. The number of amides is 1. The molecule has 0 aliphatic carbocycles. The monoisotopic (exact) mass is 634 g/mol. The summed E-state index contributed by atoms with van der Waals surface area (Å²) in [5, 5.41) is 12.7. The highest BCUT2D eigenvalue weighted by Crippen LogP contribution is 2.35. The lowest BCUT2D eigenvalue weighted by Crippen LogP contribution is -2.57. The molecule has 7 heterocycles. The molecule has 4 atom stereocenters. The number of morpholine rings is 1. The van der Waals surface area contributed by atoms with E-state index in [1.807, 2.05) is 11.9 Å². The van der Waals surface area contributed by atoms with Crippen molar-refractivity contribution in [3.05, 3.63) is 41.2 Å². The average Bonchev–Trinajstić information content (AvgIpc) is 3.72. The SMILES string of the molecule is CN1CC[C@@H](Nc2cccc3c2cc(-c2noc(CNC(=O)c4csc(N5CC6CC(C5)O6)n4)n2)n3CC(F)(F)F)[C@@H](F)C1. The van der Waals surface area contributed by atoms with Crippen molar-refractivity contribution < 1.29 is 31.6 Å². The molecular formula is C28H30F4N8O3S. The predicted molar refractivity (Wildman–Crippen MR) is 154 cm³/mol. The second kappa shape index (κ2) is 11.3. The highest BCUT2D eigenvalue weighted by Gasteiger charge is 2.39. The van der Waals surface area contributed by atoms with Crippen LogP contribution in [0.15, 0.2) is 34.2 Å². The molecule has 4 aliphatic heterocycles. The Labute approximate surface area is 253 Å². The summed E-state index contributed by atoms with van der Waals surface area (Å²) < 4.78 is 67.9. The zero-order valence-electron chi connectivity index (χ0n) is 23.7. The van der Waals surface area contributed by atoms with Gasteiger partial charge in [0, 0.05) is 49.1 Å². The maximum atomic E-state index is 14.8. The zero-order valence-corrected chi connectivity index (χ0v) is 24.5. The fourth-order valence-electron chi connectivity index (χ4n) is 6.07. The van der Waals surface area contributed by atoms with E-state index in [1.54, 1.807) is 29.6 Å². The molecule has 16 heteroatoms. The molecule has 2 bridgehead atoms. The van der Waals surface area contributed by atoms with Gasteiger partial charge in [-0.25, -0.2) is 9.37 Å². The lowest BCUT2D eigenvalue weighted by atomic mass is 9.99. The number of hydrogen-bond acceptors (Lipinski definition) is 10. The summed E-state index contributed by atoms with van der Waals surface area (Å²) >= 11 is 1.37. The number of rotatable bonds is 8. The van der Waals surface area contributed by atoms with Gasteiger partial charge in [-0.05, 0) is 31.7 Å². The van der Waals surface area contributed by atoms with Crippen molar-refractivity contribution in [2.45, 2.75) is 56.5 Å². The predicted octanol–water partition coefficient (Wildman–Crippen LogP) is 4.07. The number of likely N-dealkylation sites (tertiary alicyclic amines) is 1. The Kier molecular flexibility index (Phi) is 7.45. The Morgan fingerprint density at radius 3 is 2.73 bits per heavy atom. The van der Waals surface area contributed by atoms with Gasteiger partial charge in [-0.15, -0.1) is 11.3 Å². The Morgan fingerprint density at radius 2 is 1.98 bits per heavy atom. The number of nitrogens with one attached hydrogen (secondary N) is 2. The first-order valence-corrected chi connectivity index (χ1v) is 15.2. The van der Waals surface area contributed by atoms with Crippen LogP contribution in [0.25, 0.3) is 22.4 Å². The summed E-state index contributed by atoms with van der Waals surface area (Å²) in [6.45, 7) is 1.04. The molecule has 4 saturated heterocycles. The first-order chi connectivity index (χ1) is 21.1. The van der Waals surface area contributed by atoms with Crippen molar-refractivity contribution in [2.24, 2.45) is 0 Å². The minimum atomic E-state index is -4.53. The van der Waals surface area contributed by atoms with Crippen molar-refractivity contribution in [3.63, 3.8) is 0 Å². The standard InChI is InChI=1S/C28H30F4N8O3S/c1-38-6-5-20(18(29)12-38)34-19-3-2-4-22-17(19)8-23(40(22)14-28(30,31)32)25-36-24(43-37-25)9-33-26(41)21-13-44-27(35-21)39-10-15-7-16(11-39)42-15/h2-4,8,13,15-16,18,20,34H,5-7,9-12,14H2,1H3,(H,33,41)/t15?,16?,18-,20+/m0/s1. The van der Waals surface area contributed by atoms with Gasteiger partial charge in [-0.2, -0.15) is 18.2 Å². The molecule has 8 rings (SSSR count). The molecule has 11 nitrogen and oxygen atoms in total. The van der Waals surface area contributed by atoms with Crippen LogP contribution in [-0.2, 0) is 17.8 Å². The molecule has 234 valence electrons. The van der Waals surface area contributed by atoms with E-state index >= 15 is 0 Å². The van der Waals surface area contributed by atoms with E-state index in [4.69, 9.17) is 9.26 Å². The van der Waals surface area contributed by atoms with Crippen LogP contribution < -0.4 is 15.5 Å². The van der Waals surface area contributed by atoms with Crippen LogP contribution in [0, 0.1) is 0 Å². The Hall–Kier alpha value is -3.76. The van der Waals surface area contributed by atoms with Gasteiger partial charge in [0.05, 0.1) is 36.0 Å². The number of piperidine rings is 2. The van der Waals surface area contributed by atoms with Gasteiger partial charge >= 0.3 is 6.18 Å². The quantitative estimate of drug-likeness (QED) is 0.277. The molecule has 1 amide bonds. The highest BCUT2D eigenvalue weighted by atomic mass is 32.1. The fraction of sp³-hybridized carbons (Fsp3) is 0.500. The van der Waals surface area contributed by atoms with E-state index < -0.39 is 30.8 Å². The zero-order chi connectivity index (χ0) is 30.6. The summed E-state index contributed by atoms with van der Waals surface area (Å²) in [6.07, 6.45) is -3.63. The van der Waals surface area contributed by atoms with Gasteiger partial charge in [0.1, 0.15) is 18.4 Å². The molecule has 3 aromatic heterocycles. The van der Waals surface area contributed by atoms with Gasteiger partial charge in [0.25, 0.3) is 5.91 Å². The van der Waals surface area contributed by atoms with Crippen LogP contribution in [0.2, 0.25) is 0 Å². The van der Waals surface area contributed by atoms with Crippen molar-refractivity contribution in [1.82, 2.24) is 29.9 Å². The maximum absolute atomic E-state index is 14.8. The molecule has 2 unspecified atom stereocenters. The third-order valence-corrected chi connectivity index (χ3v) is 9.12. The van der Waals surface area contributed by atoms with E-state index in [9.17, 15) is 22.4 Å². The van der Waals surface area contributed by atoms with Gasteiger partial charge in [0.2, 0.25) is 11.7 Å². The number of ether oxygens (including phenoxy) is 1. The molecule has 44 heavy (non-hydrogen) atoms. The smallest absolute Gasteiger partial charge is 0.379 e. The number of thiazole rings is 1. The normalized spacial score (nSPS) is 24.0. The number of carbonyl (C=O) groups is 1. The third kappa shape index (κ3) is 5.85. The van der Waals surface area contributed by atoms with Crippen LogP contribution in [0.3, 0.4) is 0 Å². The number of aromatic nitrogens is 4. The summed E-state index contributed by atoms with van der Waals surface area (Å²) in [5.41, 5.74) is 1.15. The molecule has 0 spiro atoms. The molecule has 0 radical (unpaired) electrons. The number of halogens is 4. The third-order valence-electron chi connectivity index (χ3n) is 8.22. The van der Waals surface area contributed by atoms with Crippen LogP contribution >= 0.6 is 11.3 Å². The lowest BCUT2D eigenvalue weighted by molar-refractivity contribution is -0.139. The van der Waals surface area contributed by atoms with Crippen molar-refractivity contribution in [1.29, 1.82) is 0 Å². The minimum absolute atomic E-state index is 0.0193. The topological polar surface area (TPSA) is 114 Å². The van der Waals surface area contributed by atoms with E-state index in [-0.39, 0.29) is 48.4 Å². The van der Waals surface area contributed by atoms with Crippen LogP contribution in [0.4, 0.5) is 28.4 Å². The second-order valence-corrected chi connectivity index (χ2v) is 12.4. The first-order valence-electron chi connectivity index (χ1n) is 14.3. The van der Waals surface area contributed by atoms with Crippen molar-refractivity contribution >= 4 is 39.0 Å². The number of benzene rings is 1. The minimum Gasteiger partial charge on any atom is -0.379 e. The number of anilines is 2. The molecule has 4 aliphatic rings. The first kappa shape index (κ1) is 29.0. The van der Waals surface area contributed by atoms with Crippen molar-refractivity contribution in [3.8, 4) is 11.5 Å². The van der Waals surface area contributed by atoms with Crippen LogP contribution in [-0.4, -0.2) is 94.3 Å². The number of fused-ring (bicyclic) bond motifs is 3. The molecule has 2 N–H and O–H groups in total. The summed E-state index contributed by atoms with van der Waals surface area (Å²) in [6, 6.07) is 6.00. The second-order valence-electron chi connectivity index (χ2n) is 11.5. The van der Waals surface area contributed by atoms with Gasteiger partial charge < -0.3 is 34.3 Å². The largest absolute Gasteiger partial charge is 0.406 e. The summed E-state index contributed by atoms with van der Waals surface area (Å²) in [5.74, 6) is -0.483. The summed E-state index contributed by atoms with van der Waals surface area (Å²) in [4.78, 5) is 25.5. The highest BCUT2D eigenvalue weighted by molar-refractivity contribution is 7.13. The van der Waals surface area contributed by atoms with E-state index in [1.165, 1.54) is 11.3 Å². The Bertz CT molecular complexity index is 1660. The average molecular weight is 635 g/mol. The molecule has 1 aromatic carbocycles. The number of nitrogens with zero attached hydrogens (tertiary/aromatic N) is 6. The fourth-order valence-corrected chi connectivity index (χ4v) is 6.89. The van der Waals surface area contributed by atoms with Gasteiger partial charge in [-0.1, -0.05) is 11.2 Å². The van der Waals surface area contributed by atoms with E-state index in [2.05, 4.69) is 30.7 Å². The lowest BCUT2D eigenvalue weighted by Gasteiger charge is -2.46. The van der Waals surface area contributed by atoms with E-state index in [0.29, 0.717) is 29.6 Å². The Balaban J connectivity index is 1.09. The van der Waals surface area contributed by atoms with Crippen LogP contribution in [0.5, 0.6) is 0 Å². The van der Waals surface area contributed by atoms with E-state index in [0.717, 1.165) is 29.2 Å². The number of alkyl halides is 4. The molecule has 4 aromatic rings. The van der Waals surface area contributed by atoms with Crippen LogP contribution in [0.1, 0.15) is 29.2 Å². The number of hydrogen-bond donors (Lipinski definition) is 2. The van der Waals surface area contributed by atoms with Gasteiger partial charge in [0.15, 0.2) is 5.13 Å². The van der Waals surface area contributed by atoms with Crippen molar-refractivity contribution in [2.75, 3.05) is 43.4 Å². The Morgan fingerprint density at radius 1 is 1.18 bits per heavy atom. The molecular weight excluding hydrogens is 604 g/mol. The summed E-state index contributed by atoms with van der Waals surface area (Å²) in [7, 11) is 1.85. The maximum Gasteiger partial charge on any atom is 0.406 e.